The van der Waals surface area contributed by atoms with Crippen molar-refractivity contribution in [2.24, 2.45) is 0 Å². The van der Waals surface area contributed by atoms with Gasteiger partial charge in [0.1, 0.15) is 28.7 Å². The second-order valence-corrected chi connectivity index (χ2v) is 6.19. The lowest BCUT2D eigenvalue weighted by Gasteiger charge is -2.22. The molecule has 3 rings (SSSR count). The molecule has 158 valence electrons. The number of aromatic nitrogens is 2. The van der Waals surface area contributed by atoms with Crippen molar-refractivity contribution >= 4 is 17.0 Å². The monoisotopic (exact) mass is 431 g/mol. The first kappa shape index (κ1) is 21.1. The zero-order valence-electron chi connectivity index (χ0n) is 14.7. The average molecular weight is 431 g/mol. The lowest BCUT2D eigenvalue weighted by Crippen LogP contribution is -2.36. The van der Waals surface area contributed by atoms with Crippen LogP contribution in [0.15, 0.2) is 41.2 Å². The fourth-order valence-electron chi connectivity index (χ4n) is 2.95. The van der Waals surface area contributed by atoms with E-state index in [9.17, 15) is 35.9 Å². The first-order valence-corrected chi connectivity index (χ1v) is 8.20. The van der Waals surface area contributed by atoms with Crippen LogP contribution in [0.25, 0.3) is 16.6 Å². The number of nitrogens with one attached hydrogen (secondary N) is 1. The van der Waals surface area contributed by atoms with Crippen LogP contribution in [-0.4, -0.2) is 26.9 Å². The lowest BCUT2D eigenvalue weighted by molar-refractivity contribution is -0.140. The predicted molar refractivity (Wildman–Crippen MR) is 91.8 cm³/mol. The lowest BCUT2D eigenvalue weighted by atomic mass is 10.1. The maximum Gasteiger partial charge on any atom is 0.405 e. The second-order valence-electron chi connectivity index (χ2n) is 6.19. The minimum Gasteiger partial charge on any atom is -0.465 e. The van der Waals surface area contributed by atoms with Crippen molar-refractivity contribution in [3.8, 4) is 5.69 Å². The molecule has 1 unspecified atom stereocenters. The number of fused-ring (bicyclic) bond motifs is 1. The molecule has 0 saturated heterocycles. The average Bonchev–Trinajstić information content (AvgIpc) is 2.58. The van der Waals surface area contributed by atoms with E-state index < -0.39 is 64.6 Å². The number of hydrogen-bond donors (Lipinski definition) is 2. The minimum atomic E-state index is -4.90. The Morgan fingerprint density at radius 1 is 1.13 bits per heavy atom. The Morgan fingerprint density at radius 2 is 1.77 bits per heavy atom. The Hall–Kier alpha value is -3.57. The number of alkyl halides is 3. The summed E-state index contributed by atoms with van der Waals surface area (Å²) >= 11 is 0. The largest absolute Gasteiger partial charge is 0.465 e. The molecule has 12 heteroatoms. The summed E-state index contributed by atoms with van der Waals surface area (Å²) in [6.07, 6.45) is -8.56. The Kier molecular flexibility index (Phi) is 5.42. The summed E-state index contributed by atoms with van der Waals surface area (Å²) < 4.78 is 81.2. The number of rotatable bonds is 4. The zero-order chi connectivity index (χ0) is 22.2. The molecule has 1 aromatic heterocycles. The molecule has 0 bridgehead atoms. The van der Waals surface area contributed by atoms with Crippen molar-refractivity contribution in [1.29, 1.82) is 0 Å². The molecule has 1 heterocycles. The van der Waals surface area contributed by atoms with Crippen molar-refractivity contribution in [3.63, 3.8) is 0 Å². The number of amides is 1. The molecule has 0 aliphatic rings. The van der Waals surface area contributed by atoms with Gasteiger partial charge in [-0.05, 0) is 24.3 Å². The topological polar surface area (TPSA) is 84.2 Å². The van der Waals surface area contributed by atoms with E-state index in [1.54, 1.807) is 5.32 Å². The van der Waals surface area contributed by atoms with Gasteiger partial charge in [0.15, 0.2) is 0 Å². The Balaban J connectivity index is 2.41. The highest BCUT2D eigenvalue weighted by Gasteiger charge is 2.36. The summed E-state index contributed by atoms with van der Waals surface area (Å²) in [6.45, 7) is 0. The molecule has 0 spiro atoms. The van der Waals surface area contributed by atoms with Gasteiger partial charge < -0.3 is 10.4 Å². The van der Waals surface area contributed by atoms with Crippen LogP contribution in [0, 0.1) is 17.5 Å². The summed E-state index contributed by atoms with van der Waals surface area (Å²) in [5.41, 5.74) is -2.22. The van der Waals surface area contributed by atoms with Gasteiger partial charge in [0.25, 0.3) is 5.56 Å². The molecule has 30 heavy (non-hydrogen) atoms. The maximum atomic E-state index is 14.2. The normalized spacial score (nSPS) is 12.7. The third kappa shape index (κ3) is 4.36. The Bertz CT molecular complexity index is 1170. The van der Waals surface area contributed by atoms with Crippen LogP contribution in [0.1, 0.15) is 18.3 Å². The molecule has 0 saturated carbocycles. The molecule has 0 fully saturated rings. The highest BCUT2D eigenvalue weighted by atomic mass is 19.4. The maximum absolute atomic E-state index is 14.2. The van der Waals surface area contributed by atoms with Gasteiger partial charge >= 0.3 is 12.3 Å². The number of halogens is 6. The third-order valence-corrected chi connectivity index (χ3v) is 4.02. The van der Waals surface area contributed by atoms with Gasteiger partial charge in [-0.25, -0.2) is 22.9 Å². The standard InChI is InChI=1S/C18H11F6N3O3/c19-8-4-9(20)6-10(5-8)27-15(13(26-17(29)30)7-18(22,23)24)25-12-3-1-2-11(21)14(12)16(27)28/h1-6,13,26H,7H2,(H,29,30). The molecular weight excluding hydrogens is 420 g/mol. The van der Waals surface area contributed by atoms with E-state index in [-0.39, 0.29) is 5.52 Å². The van der Waals surface area contributed by atoms with Gasteiger partial charge in [0.2, 0.25) is 0 Å². The zero-order valence-corrected chi connectivity index (χ0v) is 14.7. The third-order valence-electron chi connectivity index (χ3n) is 4.02. The van der Waals surface area contributed by atoms with Gasteiger partial charge in [0.05, 0.1) is 23.7 Å². The first-order chi connectivity index (χ1) is 14.0. The van der Waals surface area contributed by atoms with Crippen LogP contribution in [0.2, 0.25) is 0 Å². The predicted octanol–water partition coefficient (Wildman–Crippen LogP) is 4.06. The molecular formula is C18H11F6N3O3. The summed E-state index contributed by atoms with van der Waals surface area (Å²) in [7, 11) is 0. The molecule has 2 aromatic carbocycles. The highest BCUT2D eigenvalue weighted by Crippen LogP contribution is 2.30. The molecule has 0 radical (unpaired) electrons. The van der Waals surface area contributed by atoms with Crippen LogP contribution in [-0.2, 0) is 0 Å². The van der Waals surface area contributed by atoms with Crippen molar-refractivity contribution in [2.75, 3.05) is 0 Å². The summed E-state index contributed by atoms with van der Waals surface area (Å²) in [4.78, 5) is 27.8. The van der Waals surface area contributed by atoms with Crippen molar-refractivity contribution in [2.45, 2.75) is 18.6 Å². The highest BCUT2D eigenvalue weighted by molar-refractivity contribution is 5.78. The van der Waals surface area contributed by atoms with Crippen LogP contribution < -0.4 is 10.9 Å². The van der Waals surface area contributed by atoms with E-state index >= 15 is 0 Å². The SMILES string of the molecule is O=C(O)NC(CC(F)(F)F)c1nc2cccc(F)c2c(=O)n1-c1cc(F)cc(F)c1. The second kappa shape index (κ2) is 7.69. The van der Waals surface area contributed by atoms with E-state index in [1.807, 2.05) is 0 Å². The van der Waals surface area contributed by atoms with Crippen LogP contribution in [0.5, 0.6) is 0 Å². The fraction of sp³-hybridized carbons (Fsp3) is 0.167. The van der Waals surface area contributed by atoms with Crippen LogP contribution in [0.3, 0.4) is 0 Å². The van der Waals surface area contributed by atoms with E-state index in [0.717, 1.165) is 18.2 Å². The Labute approximate surface area is 163 Å². The molecule has 1 atom stereocenters. The van der Waals surface area contributed by atoms with Gasteiger partial charge in [0, 0.05) is 6.07 Å². The molecule has 3 aromatic rings. The van der Waals surface area contributed by atoms with E-state index in [2.05, 4.69) is 4.98 Å². The van der Waals surface area contributed by atoms with E-state index in [4.69, 9.17) is 5.11 Å². The fourth-order valence-corrected chi connectivity index (χ4v) is 2.95. The smallest absolute Gasteiger partial charge is 0.405 e. The number of carbonyl (C=O) groups is 1. The number of hydrogen-bond acceptors (Lipinski definition) is 3. The van der Waals surface area contributed by atoms with E-state index in [0.29, 0.717) is 22.8 Å². The summed E-state index contributed by atoms with van der Waals surface area (Å²) in [5, 5.41) is 9.89. The number of benzene rings is 2. The number of carboxylic acid groups (broad SMARTS) is 1. The van der Waals surface area contributed by atoms with Crippen molar-refractivity contribution in [3.05, 3.63) is 70.0 Å². The number of nitrogens with zero attached hydrogens (tertiary/aromatic N) is 2. The molecule has 1 amide bonds. The van der Waals surface area contributed by atoms with Gasteiger partial charge in [-0.15, -0.1) is 0 Å². The molecule has 0 aliphatic carbocycles. The Morgan fingerprint density at radius 3 is 2.33 bits per heavy atom. The van der Waals surface area contributed by atoms with Crippen LogP contribution in [0.4, 0.5) is 31.1 Å². The van der Waals surface area contributed by atoms with Gasteiger partial charge in [-0.2, -0.15) is 13.2 Å². The minimum absolute atomic E-state index is 0.351. The first-order valence-electron chi connectivity index (χ1n) is 8.20. The quantitative estimate of drug-likeness (QED) is 0.611. The molecule has 6 nitrogen and oxygen atoms in total. The summed E-state index contributed by atoms with van der Waals surface area (Å²) in [6, 6.07) is 2.72. The molecule has 0 aliphatic heterocycles. The summed E-state index contributed by atoms with van der Waals surface area (Å²) in [5.74, 6) is -4.23. The van der Waals surface area contributed by atoms with Crippen molar-refractivity contribution in [1.82, 2.24) is 14.9 Å². The van der Waals surface area contributed by atoms with Crippen LogP contribution >= 0.6 is 0 Å². The van der Waals surface area contributed by atoms with Gasteiger partial charge in [-0.1, -0.05) is 6.07 Å². The molecule has 2 N–H and O–H groups in total. The van der Waals surface area contributed by atoms with E-state index in [1.165, 1.54) is 0 Å². The van der Waals surface area contributed by atoms with Crippen molar-refractivity contribution < 1.29 is 36.2 Å². The van der Waals surface area contributed by atoms with Gasteiger partial charge in [-0.3, -0.25) is 9.36 Å².